The van der Waals surface area contributed by atoms with Gasteiger partial charge in [-0.1, -0.05) is 6.07 Å². The Labute approximate surface area is 138 Å². The van der Waals surface area contributed by atoms with Crippen LogP contribution in [0.2, 0.25) is 0 Å². The van der Waals surface area contributed by atoms with Crippen LogP contribution >= 0.6 is 0 Å². The van der Waals surface area contributed by atoms with Crippen LogP contribution in [0, 0.1) is 0 Å². The smallest absolute Gasteiger partial charge is 0.253 e. The van der Waals surface area contributed by atoms with Crippen LogP contribution in [0.4, 0.5) is 32.2 Å². The van der Waals surface area contributed by atoms with E-state index in [1.54, 1.807) is 0 Å². The van der Waals surface area contributed by atoms with Crippen molar-refractivity contribution in [2.24, 2.45) is 0 Å². The lowest BCUT2D eigenvalue weighted by molar-refractivity contribution is -0.138. The number of alkyl halides is 6. The highest BCUT2D eigenvalue weighted by atomic mass is 32.2. The van der Waals surface area contributed by atoms with Crippen molar-refractivity contribution in [1.29, 1.82) is 0 Å². The van der Waals surface area contributed by atoms with Gasteiger partial charge in [0.2, 0.25) is 0 Å². The first-order valence-corrected chi connectivity index (χ1v) is 7.97. The molecule has 0 bridgehead atoms. The molecule has 0 aliphatic rings. The number of anilines is 1. The van der Waals surface area contributed by atoms with Crippen molar-refractivity contribution < 1.29 is 34.8 Å². The number of benzene rings is 1. The molecule has 1 heterocycles. The first-order valence-electron chi connectivity index (χ1n) is 6.53. The number of hydrogen-bond acceptors (Lipinski definition) is 3. The van der Waals surface area contributed by atoms with E-state index in [0.29, 0.717) is 28.7 Å². The highest BCUT2D eigenvalue weighted by Crippen LogP contribution is 2.32. The molecule has 0 unspecified atom stereocenters. The summed E-state index contributed by atoms with van der Waals surface area (Å²) in [4.78, 5) is 2.75. The van der Waals surface area contributed by atoms with Crippen LogP contribution in [-0.2, 0) is 22.4 Å². The normalized spacial score (nSPS) is 12.9. The Bertz CT molecular complexity index is 860. The van der Waals surface area contributed by atoms with Crippen molar-refractivity contribution in [2.45, 2.75) is 17.2 Å². The van der Waals surface area contributed by atoms with Crippen LogP contribution in [0.25, 0.3) is 0 Å². The summed E-state index contributed by atoms with van der Waals surface area (Å²) in [5.74, 6) is -0.370. The average molecular weight is 384 g/mol. The summed E-state index contributed by atoms with van der Waals surface area (Å²) in [6, 6.07) is 4.45. The molecule has 0 saturated heterocycles. The molecule has 1 aromatic carbocycles. The maximum absolute atomic E-state index is 12.7. The summed E-state index contributed by atoms with van der Waals surface area (Å²) in [5, 5.41) is 0. The summed E-state index contributed by atoms with van der Waals surface area (Å²) < 4.78 is 101. The van der Waals surface area contributed by atoms with Crippen molar-refractivity contribution in [3.05, 3.63) is 53.7 Å². The second-order valence-electron chi connectivity index (χ2n) is 4.90. The zero-order valence-electron chi connectivity index (χ0n) is 12.4. The third kappa shape index (κ3) is 4.03. The quantitative estimate of drug-likeness (QED) is 0.754. The van der Waals surface area contributed by atoms with E-state index in [-0.39, 0.29) is 5.82 Å². The van der Waals surface area contributed by atoms with Crippen LogP contribution in [0.5, 0.6) is 0 Å². The van der Waals surface area contributed by atoms with E-state index in [4.69, 9.17) is 0 Å². The average Bonchev–Trinajstić information content (AvgIpc) is 2.52. The standard InChI is InChI=1S/C14H10F6N2O2S/c1-22(12-6-5-10(8-21-12)14(18,19)20)25(23,24)11-4-2-3-9(7-11)13(15,16)17/h2-8H,1H3. The fourth-order valence-electron chi connectivity index (χ4n) is 1.85. The molecule has 0 radical (unpaired) electrons. The summed E-state index contributed by atoms with van der Waals surface area (Å²) in [6.45, 7) is 0. The molecule has 2 aromatic rings. The molecule has 0 N–H and O–H groups in total. The third-order valence-electron chi connectivity index (χ3n) is 3.22. The highest BCUT2D eigenvalue weighted by molar-refractivity contribution is 7.92. The van der Waals surface area contributed by atoms with Gasteiger partial charge in [0, 0.05) is 13.2 Å². The molecule has 0 amide bonds. The number of hydrogen-bond donors (Lipinski definition) is 0. The van der Waals surface area contributed by atoms with Gasteiger partial charge in [-0.2, -0.15) is 26.3 Å². The van der Waals surface area contributed by atoms with Crippen molar-refractivity contribution in [2.75, 3.05) is 11.4 Å². The molecule has 25 heavy (non-hydrogen) atoms. The number of halogens is 6. The van der Waals surface area contributed by atoms with E-state index in [0.717, 1.165) is 25.2 Å². The Morgan fingerprint density at radius 1 is 0.920 bits per heavy atom. The molecule has 2 rings (SSSR count). The predicted molar refractivity (Wildman–Crippen MR) is 76.3 cm³/mol. The number of aromatic nitrogens is 1. The zero-order chi connectivity index (χ0) is 19.0. The predicted octanol–water partition coefficient (Wildman–Crippen LogP) is 3.94. The van der Waals surface area contributed by atoms with Gasteiger partial charge in [0.15, 0.2) is 0 Å². The topological polar surface area (TPSA) is 50.3 Å². The monoisotopic (exact) mass is 384 g/mol. The second-order valence-corrected chi connectivity index (χ2v) is 6.87. The minimum atomic E-state index is -4.74. The van der Waals surface area contributed by atoms with Gasteiger partial charge in [0.25, 0.3) is 10.0 Å². The van der Waals surface area contributed by atoms with Crippen LogP contribution in [0.3, 0.4) is 0 Å². The minimum absolute atomic E-state index is 0.370. The fourth-order valence-corrected chi connectivity index (χ4v) is 3.05. The van der Waals surface area contributed by atoms with E-state index < -0.39 is 38.4 Å². The molecule has 0 aliphatic heterocycles. The molecule has 0 saturated carbocycles. The third-order valence-corrected chi connectivity index (χ3v) is 4.98. The molecule has 0 fully saturated rings. The SMILES string of the molecule is CN(c1ccc(C(F)(F)F)cn1)S(=O)(=O)c1cccc(C(F)(F)F)c1. The number of rotatable bonds is 3. The van der Waals surface area contributed by atoms with Gasteiger partial charge in [0.1, 0.15) is 5.82 Å². The number of sulfonamides is 1. The van der Waals surface area contributed by atoms with E-state index in [2.05, 4.69) is 4.98 Å². The van der Waals surface area contributed by atoms with Gasteiger partial charge in [-0.05, 0) is 30.3 Å². The lowest BCUT2D eigenvalue weighted by Gasteiger charge is -2.19. The summed E-state index contributed by atoms with van der Waals surface area (Å²) in [6.07, 6.45) is -8.95. The number of nitrogens with zero attached hydrogens (tertiary/aromatic N) is 2. The Kier molecular flexibility index (Phi) is 4.73. The summed E-state index contributed by atoms with van der Waals surface area (Å²) in [7, 11) is -3.46. The maximum atomic E-state index is 12.7. The molecule has 0 atom stereocenters. The van der Waals surface area contributed by atoms with Crippen molar-refractivity contribution in [3.8, 4) is 0 Å². The fraction of sp³-hybridized carbons (Fsp3) is 0.214. The molecule has 0 spiro atoms. The van der Waals surface area contributed by atoms with Gasteiger partial charge < -0.3 is 0 Å². The Morgan fingerprint density at radius 2 is 1.52 bits per heavy atom. The van der Waals surface area contributed by atoms with Gasteiger partial charge in [-0.25, -0.2) is 13.4 Å². The van der Waals surface area contributed by atoms with E-state index >= 15 is 0 Å². The molecule has 4 nitrogen and oxygen atoms in total. The highest BCUT2D eigenvalue weighted by Gasteiger charge is 2.33. The van der Waals surface area contributed by atoms with Crippen molar-refractivity contribution >= 4 is 15.8 Å². The molecular weight excluding hydrogens is 374 g/mol. The summed E-state index contributed by atoms with van der Waals surface area (Å²) >= 11 is 0. The lowest BCUT2D eigenvalue weighted by Crippen LogP contribution is -2.27. The second kappa shape index (κ2) is 6.21. The van der Waals surface area contributed by atoms with E-state index in [1.165, 1.54) is 0 Å². The van der Waals surface area contributed by atoms with Crippen LogP contribution in [0.1, 0.15) is 11.1 Å². The summed E-state index contributed by atoms with van der Waals surface area (Å²) in [5.41, 5.74) is -2.25. The molecule has 1 aromatic heterocycles. The van der Waals surface area contributed by atoms with Gasteiger partial charge in [-0.15, -0.1) is 0 Å². The van der Waals surface area contributed by atoms with Crippen molar-refractivity contribution in [3.63, 3.8) is 0 Å². The lowest BCUT2D eigenvalue weighted by atomic mass is 10.2. The first kappa shape index (κ1) is 19.0. The minimum Gasteiger partial charge on any atom is -0.253 e. The van der Waals surface area contributed by atoms with Crippen LogP contribution in [-0.4, -0.2) is 20.4 Å². The van der Waals surface area contributed by atoms with Gasteiger partial charge >= 0.3 is 12.4 Å². The number of pyridine rings is 1. The first-order chi connectivity index (χ1) is 11.3. The molecule has 0 aliphatic carbocycles. The van der Waals surface area contributed by atoms with Crippen molar-refractivity contribution in [1.82, 2.24) is 4.98 Å². The Balaban J connectivity index is 2.40. The maximum Gasteiger partial charge on any atom is 0.417 e. The van der Waals surface area contributed by atoms with Gasteiger partial charge in [-0.3, -0.25) is 4.31 Å². The van der Waals surface area contributed by atoms with Crippen LogP contribution in [0.15, 0.2) is 47.5 Å². The zero-order valence-corrected chi connectivity index (χ0v) is 13.2. The molecule has 136 valence electrons. The van der Waals surface area contributed by atoms with Gasteiger partial charge in [0.05, 0.1) is 16.0 Å². The van der Waals surface area contributed by atoms with Crippen LogP contribution < -0.4 is 4.31 Å². The molecular formula is C14H10F6N2O2S. The Hall–Kier alpha value is -2.30. The van der Waals surface area contributed by atoms with E-state index in [9.17, 15) is 34.8 Å². The van der Waals surface area contributed by atoms with E-state index in [1.807, 2.05) is 0 Å². The largest absolute Gasteiger partial charge is 0.417 e. The molecule has 11 heteroatoms. The Morgan fingerprint density at radius 3 is 2.00 bits per heavy atom.